The van der Waals surface area contributed by atoms with Crippen molar-refractivity contribution in [3.05, 3.63) is 52.5 Å². The minimum Gasteiger partial charge on any atom is -0.333 e. The van der Waals surface area contributed by atoms with Gasteiger partial charge >= 0.3 is 5.69 Å². The molecule has 0 amide bonds. The number of nitrogens with one attached hydrogen (secondary N) is 2. The Balaban J connectivity index is 1.97. The van der Waals surface area contributed by atoms with Crippen molar-refractivity contribution in [2.75, 3.05) is 10.6 Å². The van der Waals surface area contributed by atoms with Gasteiger partial charge in [0.25, 0.3) is 0 Å². The fourth-order valence-electron chi connectivity index (χ4n) is 1.69. The Labute approximate surface area is 128 Å². The molecule has 0 saturated heterocycles. The molecule has 0 aliphatic heterocycles. The normalized spacial score (nSPS) is 10.2. The summed E-state index contributed by atoms with van der Waals surface area (Å²) in [6.45, 7) is 0. The summed E-state index contributed by atoms with van der Waals surface area (Å²) < 4.78 is 0. The van der Waals surface area contributed by atoms with Crippen molar-refractivity contribution in [1.82, 2.24) is 19.9 Å². The van der Waals surface area contributed by atoms with E-state index in [1.165, 1.54) is 17.7 Å². The van der Waals surface area contributed by atoms with E-state index in [1.54, 1.807) is 36.1 Å². The molecule has 0 radical (unpaired) electrons. The highest BCUT2D eigenvalue weighted by molar-refractivity contribution is 7.13. The van der Waals surface area contributed by atoms with Crippen molar-refractivity contribution < 1.29 is 4.92 Å². The van der Waals surface area contributed by atoms with Crippen LogP contribution >= 0.6 is 11.3 Å². The lowest BCUT2D eigenvalue weighted by atomic mass is 10.3. The number of hydrogen-bond donors (Lipinski definition) is 2. The van der Waals surface area contributed by atoms with Gasteiger partial charge in [0.2, 0.25) is 11.6 Å². The number of thiazole rings is 1. The third-order valence-corrected chi connectivity index (χ3v) is 3.28. The highest BCUT2D eigenvalue weighted by Crippen LogP contribution is 2.32. The van der Waals surface area contributed by atoms with Crippen molar-refractivity contribution in [1.29, 1.82) is 0 Å². The van der Waals surface area contributed by atoms with E-state index in [-0.39, 0.29) is 17.3 Å². The molecule has 10 heteroatoms. The van der Waals surface area contributed by atoms with Crippen LogP contribution in [0.3, 0.4) is 0 Å². The van der Waals surface area contributed by atoms with Crippen molar-refractivity contribution in [3.63, 3.8) is 0 Å². The zero-order valence-corrected chi connectivity index (χ0v) is 11.8. The Morgan fingerprint density at radius 1 is 1.14 bits per heavy atom. The standard InChI is InChI=1S/C12H9N7O2S/c20-19(21)9-10(17-8-2-1-3-13-6-8)15-7-16-11(9)18-12-14-4-5-22-12/h1-7H,(H2,14,15,16,17,18). The first-order chi connectivity index (χ1) is 10.7. The van der Waals surface area contributed by atoms with E-state index < -0.39 is 4.92 Å². The molecule has 9 nitrogen and oxygen atoms in total. The summed E-state index contributed by atoms with van der Waals surface area (Å²) in [6.07, 6.45) is 5.98. The van der Waals surface area contributed by atoms with Crippen molar-refractivity contribution >= 4 is 39.5 Å². The van der Waals surface area contributed by atoms with Crippen molar-refractivity contribution in [2.45, 2.75) is 0 Å². The van der Waals surface area contributed by atoms with Crippen LogP contribution in [0.15, 0.2) is 42.4 Å². The number of nitrogens with zero attached hydrogens (tertiary/aromatic N) is 5. The van der Waals surface area contributed by atoms with Crippen molar-refractivity contribution in [2.24, 2.45) is 0 Å². The van der Waals surface area contributed by atoms with Gasteiger partial charge in [0, 0.05) is 17.8 Å². The summed E-state index contributed by atoms with van der Waals surface area (Å²) >= 11 is 1.31. The van der Waals surface area contributed by atoms with Gasteiger partial charge < -0.3 is 10.6 Å². The van der Waals surface area contributed by atoms with Crippen LogP contribution in [0.4, 0.5) is 28.1 Å². The maximum atomic E-state index is 11.4. The number of hydrogen-bond acceptors (Lipinski definition) is 9. The molecule has 0 saturated carbocycles. The summed E-state index contributed by atoms with van der Waals surface area (Å²) in [7, 11) is 0. The fourth-order valence-corrected chi connectivity index (χ4v) is 2.22. The molecule has 3 rings (SSSR count). The molecule has 22 heavy (non-hydrogen) atoms. The molecular weight excluding hydrogens is 306 g/mol. The summed E-state index contributed by atoms with van der Waals surface area (Å²) in [5.41, 5.74) is 0.325. The van der Waals surface area contributed by atoms with E-state index in [4.69, 9.17) is 0 Å². The lowest BCUT2D eigenvalue weighted by Crippen LogP contribution is -2.05. The van der Waals surface area contributed by atoms with Gasteiger partial charge in [-0.25, -0.2) is 15.0 Å². The molecule has 0 atom stereocenters. The second-order valence-electron chi connectivity index (χ2n) is 4.01. The van der Waals surface area contributed by atoms with E-state index >= 15 is 0 Å². The van der Waals surface area contributed by atoms with Crippen LogP contribution < -0.4 is 10.6 Å². The summed E-state index contributed by atoms with van der Waals surface area (Å²) in [5.74, 6) is 0.147. The molecule has 0 fully saturated rings. The fraction of sp³-hybridized carbons (Fsp3) is 0. The minimum atomic E-state index is -0.547. The Bertz CT molecular complexity index is 779. The first-order valence-corrected chi connectivity index (χ1v) is 6.95. The highest BCUT2D eigenvalue weighted by Gasteiger charge is 2.23. The van der Waals surface area contributed by atoms with Crippen LogP contribution in [0.2, 0.25) is 0 Å². The van der Waals surface area contributed by atoms with E-state index in [0.717, 1.165) is 0 Å². The third-order valence-electron chi connectivity index (χ3n) is 2.59. The Morgan fingerprint density at radius 3 is 2.59 bits per heavy atom. The van der Waals surface area contributed by atoms with Gasteiger partial charge in [0.15, 0.2) is 5.13 Å². The monoisotopic (exact) mass is 315 g/mol. The van der Waals surface area contributed by atoms with Gasteiger partial charge in [-0.05, 0) is 12.1 Å². The first kappa shape index (κ1) is 13.8. The molecule has 0 unspecified atom stereocenters. The van der Waals surface area contributed by atoms with Crippen LogP contribution in [0.1, 0.15) is 0 Å². The first-order valence-electron chi connectivity index (χ1n) is 6.07. The molecule has 0 aliphatic carbocycles. The second kappa shape index (κ2) is 6.10. The number of pyridine rings is 1. The Hall–Kier alpha value is -3.14. The smallest absolute Gasteiger partial charge is 0.333 e. The summed E-state index contributed by atoms with van der Waals surface area (Å²) in [4.78, 5) is 26.6. The molecule has 3 heterocycles. The Kier molecular flexibility index (Phi) is 3.83. The topological polar surface area (TPSA) is 119 Å². The van der Waals surface area contributed by atoms with E-state index in [2.05, 4.69) is 30.6 Å². The molecule has 0 aliphatic rings. The number of nitro groups is 1. The maximum Gasteiger partial charge on any atom is 0.353 e. The Morgan fingerprint density at radius 2 is 1.95 bits per heavy atom. The van der Waals surface area contributed by atoms with E-state index in [9.17, 15) is 10.1 Å². The maximum absolute atomic E-state index is 11.4. The summed E-state index contributed by atoms with van der Waals surface area (Å²) in [6, 6.07) is 3.44. The number of rotatable bonds is 5. The summed E-state index contributed by atoms with van der Waals surface area (Å²) in [5, 5.41) is 19.3. The predicted molar refractivity (Wildman–Crippen MR) is 81.6 cm³/mol. The average Bonchev–Trinajstić information content (AvgIpc) is 3.01. The lowest BCUT2D eigenvalue weighted by Gasteiger charge is -2.08. The van der Waals surface area contributed by atoms with Crippen LogP contribution in [0, 0.1) is 10.1 Å². The van der Waals surface area contributed by atoms with Crippen LogP contribution in [0.5, 0.6) is 0 Å². The number of anilines is 4. The molecule has 3 aromatic rings. The van der Waals surface area contributed by atoms with Gasteiger partial charge in [-0.2, -0.15) is 0 Å². The van der Waals surface area contributed by atoms with Gasteiger partial charge in [-0.1, -0.05) is 0 Å². The lowest BCUT2D eigenvalue weighted by molar-refractivity contribution is -0.383. The molecule has 0 aromatic carbocycles. The largest absolute Gasteiger partial charge is 0.353 e. The quantitative estimate of drug-likeness (QED) is 0.545. The third kappa shape index (κ3) is 2.96. The van der Waals surface area contributed by atoms with Gasteiger partial charge in [-0.3, -0.25) is 15.1 Å². The van der Waals surface area contributed by atoms with Crippen LogP contribution in [-0.2, 0) is 0 Å². The van der Waals surface area contributed by atoms with Crippen LogP contribution in [-0.4, -0.2) is 24.9 Å². The molecule has 110 valence electrons. The highest BCUT2D eigenvalue weighted by atomic mass is 32.1. The van der Waals surface area contributed by atoms with Crippen LogP contribution in [0.25, 0.3) is 0 Å². The van der Waals surface area contributed by atoms with Gasteiger partial charge in [0.05, 0.1) is 16.8 Å². The second-order valence-corrected chi connectivity index (χ2v) is 4.90. The predicted octanol–water partition coefficient (Wildman–Crippen LogP) is 2.72. The minimum absolute atomic E-state index is 0.0707. The van der Waals surface area contributed by atoms with Crippen molar-refractivity contribution in [3.8, 4) is 0 Å². The van der Waals surface area contributed by atoms with E-state index in [0.29, 0.717) is 10.8 Å². The average molecular weight is 315 g/mol. The van der Waals surface area contributed by atoms with E-state index in [1.807, 2.05) is 0 Å². The molecule has 3 aromatic heterocycles. The SMILES string of the molecule is O=[N+]([O-])c1c(Nc2cccnc2)ncnc1Nc1nccs1. The molecule has 2 N–H and O–H groups in total. The van der Waals surface area contributed by atoms with Gasteiger partial charge in [-0.15, -0.1) is 11.3 Å². The molecule has 0 bridgehead atoms. The number of aromatic nitrogens is 4. The molecule has 0 spiro atoms. The van der Waals surface area contributed by atoms with Gasteiger partial charge in [0.1, 0.15) is 6.33 Å². The zero-order chi connectivity index (χ0) is 15.4. The zero-order valence-electron chi connectivity index (χ0n) is 11.0. The molecular formula is C12H9N7O2S.